The first-order valence-corrected chi connectivity index (χ1v) is 6.84. The average Bonchev–Trinajstić information content (AvgIpc) is 2.29. The normalized spacial score (nSPS) is 11.1. The smallest absolute Gasteiger partial charge is 0.135 e. The maximum Gasteiger partial charge on any atom is 0.135 e. The molecule has 0 aliphatic heterocycles. The molecule has 0 unspecified atom stereocenters. The number of nitrogens with zero attached hydrogens (tertiary/aromatic N) is 2. The van der Waals surface area contributed by atoms with Gasteiger partial charge >= 0.3 is 0 Å². The van der Waals surface area contributed by atoms with Crippen LogP contribution in [-0.2, 0) is 0 Å². The van der Waals surface area contributed by atoms with Crippen molar-refractivity contribution in [3.05, 3.63) is 11.4 Å². The highest BCUT2D eigenvalue weighted by Crippen LogP contribution is 2.23. The van der Waals surface area contributed by atoms with Gasteiger partial charge in [0.2, 0.25) is 0 Å². The van der Waals surface area contributed by atoms with E-state index in [0.29, 0.717) is 12.0 Å². The largest absolute Gasteiger partial charge is 0.370 e. The Kier molecular flexibility index (Phi) is 5.38. The second-order valence-corrected chi connectivity index (χ2v) is 5.28. The quantitative estimate of drug-likeness (QED) is 0.810. The van der Waals surface area contributed by atoms with Crippen LogP contribution in [0, 0.1) is 6.92 Å². The van der Waals surface area contributed by atoms with Gasteiger partial charge in [0.05, 0.1) is 0 Å². The standard InChI is InChI=1S/C14H26N4/c1-7-8-15-13-11(6)14(16-10(4)5)18-12(17-13)9(2)3/h9-10H,7-8H2,1-6H3,(H2,15,16,17,18). The third-order valence-corrected chi connectivity index (χ3v) is 2.65. The molecule has 0 amide bonds. The summed E-state index contributed by atoms with van der Waals surface area (Å²) in [7, 11) is 0. The van der Waals surface area contributed by atoms with Crippen LogP contribution in [0.4, 0.5) is 11.6 Å². The second-order valence-electron chi connectivity index (χ2n) is 5.28. The zero-order chi connectivity index (χ0) is 13.7. The molecule has 0 aliphatic rings. The van der Waals surface area contributed by atoms with E-state index in [1.54, 1.807) is 0 Å². The molecular weight excluding hydrogens is 224 g/mol. The van der Waals surface area contributed by atoms with Crippen LogP contribution in [0.15, 0.2) is 0 Å². The van der Waals surface area contributed by atoms with Gasteiger partial charge in [-0.15, -0.1) is 0 Å². The molecule has 1 rings (SSSR count). The van der Waals surface area contributed by atoms with Crippen molar-refractivity contribution in [2.24, 2.45) is 0 Å². The van der Waals surface area contributed by atoms with Gasteiger partial charge in [0.15, 0.2) is 0 Å². The van der Waals surface area contributed by atoms with Gasteiger partial charge in [0, 0.05) is 24.1 Å². The highest BCUT2D eigenvalue weighted by Gasteiger charge is 2.13. The number of anilines is 2. The van der Waals surface area contributed by atoms with Gasteiger partial charge in [-0.3, -0.25) is 0 Å². The minimum absolute atomic E-state index is 0.334. The molecule has 0 aliphatic carbocycles. The van der Waals surface area contributed by atoms with E-state index in [1.807, 2.05) is 0 Å². The Morgan fingerprint density at radius 3 is 2.17 bits per heavy atom. The van der Waals surface area contributed by atoms with Crippen molar-refractivity contribution in [1.29, 1.82) is 0 Å². The van der Waals surface area contributed by atoms with Crippen LogP contribution in [0.2, 0.25) is 0 Å². The van der Waals surface area contributed by atoms with Gasteiger partial charge in [0.1, 0.15) is 17.5 Å². The molecular formula is C14H26N4. The summed E-state index contributed by atoms with van der Waals surface area (Å²) in [5, 5.41) is 6.77. The van der Waals surface area contributed by atoms with E-state index < -0.39 is 0 Å². The summed E-state index contributed by atoms with van der Waals surface area (Å²) in [5.41, 5.74) is 1.10. The van der Waals surface area contributed by atoms with Gasteiger partial charge < -0.3 is 10.6 Å². The van der Waals surface area contributed by atoms with Crippen molar-refractivity contribution in [1.82, 2.24) is 9.97 Å². The van der Waals surface area contributed by atoms with Crippen LogP contribution in [0.25, 0.3) is 0 Å². The van der Waals surface area contributed by atoms with Gasteiger partial charge in [0.25, 0.3) is 0 Å². The zero-order valence-corrected chi connectivity index (χ0v) is 12.5. The molecule has 0 spiro atoms. The van der Waals surface area contributed by atoms with Crippen LogP contribution >= 0.6 is 0 Å². The summed E-state index contributed by atoms with van der Waals surface area (Å²) in [6, 6.07) is 0.373. The molecule has 0 bridgehead atoms. The average molecular weight is 250 g/mol. The first-order chi connectivity index (χ1) is 8.45. The molecule has 4 heteroatoms. The fraction of sp³-hybridized carbons (Fsp3) is 0.714. The number of nitrogens with one attached hydrogen (secondary N) is 2. The summed E-state index contributed by atoms with van der Waals surface area (Å²) in [6.45, 7) is 13.6. The van der Waals surface area contributed by atoms with Crippen molar-refractivity contribution in [2.75, 3.05) is 17.2 Å². The molecule has 1 aromatic heterocycles. The molecule has 2 N–H and O–H groups in total. The van der Waals surface area contributed by atoms with E-state index in [0.717, 1.165) is 36.0 Å². The van der Waals surface area contributed by atoms with Gasteiger partial charge in [-0.25, -0.2) is 9.97 Å². The Morgan fingerprint density at radius 2 is 1.67 bits per heavy atom. The van der Waals surface area contributed by atoms with Gasteiger partial charge in [-0.1, -0.05) is 20.8 Å². The Morgan fingerprint density at radius 1 is 1.06 bits per heavy atom. The third-order valence-electron chi connectivity index (χ3n) is 2.65. The Bertz CT molecular complexity index is 386. The highest BCUT2D eigenvalue weighted by atomic mass is 15.1. The molecule has 0 aromatic carbocycles. The molecule has 0 atom stereocenters. The molecule has 0 radical (unpaired) electrons. The van der Waals surface area contributed by atoms with Crippen molar-refractivity contribution in [2.45, 2.75) is 59.9 Å². The molecule has 1 heterocycles. The predicted molar refractivity (Wildman–Crippen MR) is 78.4 cm³/mol. The summed E-state index contributed by atoms with van der Waals surface area (Å²) in [4.78, 5) is 9.23. The summed E-state index contributed by atoms with van der Waals surface area (Å²) >= 11 is 0. The zero-order valence-electron chi connectivity index (χ0n) is 12.5. The number of aromatic nitrogens is 2. The molecule has 0 fully saturated rings. The third kappa shape index (κ3) is 3.86. The van der Waals surface area contributed by atoms with Crippen LogP contribution in [0.3, 0.4) is 0 Å². The molecule has 0 saturated heterocycles. The van der Waals surface area contributed by atoms with Crippen LogP contribution in [0.5, 0.6) is 0 Å². The van der Waals surface area contributed by atoms with Crippen LogP contribution in [-0.4, -0.2) is 22.6 Å². The van der Waals surface area contributed by atoms with E-state index in [1.165, 1.54) is 0 Å². The fourth-order valence-electron chi connectivity index (χ4n) is 1.62. The fourth-order valence-corrected chi connectivity index (χ4v) is 1.62. The number of hydrogen-bond donors (Lipinski definition) is 2. The summed E-state index contributed by atoms with van der Waals surface area (Å²) < 4.78 is 0. The van der Waals surface area contributed by atoms with E-state index in [4.69, 9.17) is 0 Å². The summed E-state index contributed by atoms with van der Waals surface area (Å²) in [5.74, 6) is 3.13. The lowest BCUT2D eigenvalue weighted by Crippen LogP contribution is -2.16. The number of hydrogen-bond acceptors (Lipinski definition) is 4. The SMILES string of the molecule is CCCNc1nc(C(C)C)nc(NC(C)C)c1C. The highest BCUT2D eigenvalue weighted by molar-refractivity contribution is 5.57. The van der Waals surface area contributed by atoms with Gasteiger partial charge in [-0.05, 0) is 27.2 Å². The van der Waals surface area contributed by atoms with E-state index >= 15 is 0 Å². The van der Waals surface area contributed by atoms with Crippen molar-refractivity contribution in [3.63, 3.8) is 0 Å². The van der Waals surface area contributed by atoms with Crippen molar-refractivity contribution >= 4 is 11.6 Å². The minimum Gasteiger partial charge on any atom is -0.370 e. The Balaban J connectivity index is 3.11. The first kappa shape index (κ1) is 14.7. The minimum atomic E-state index is 0.334. The molecule has 4 nitrogen and oxygen atoms in total. The van der Waals surface area contributed by atoms with Crippen LogP contribution in [0.1, 0.15) is 58.3 Å². The Hall–Kier alpha value is -1.32. The Labute approximate surface area is 111 Å². The van der Waals surface area contributed by atoms with Gasteiger partial charge in [-0.2, -0.15) is 0 Å². The lowest BCUT2D eigenvalue weighted by molar-refractivity contribution is 0.765. The topological polar surface area (TPSA) is 49.8 Å². The van der Waals surface area contributed by atoms with E-state index in [2.05, 4.69) is 62.1 Å². The molecule has 0 saturated carbocycles. The maximum atomic E-state index is 4.62. The monoisotopic (exact) mass is 250 g/mol. The molecule has 102 valence electrons. The van der Waals surface area contributed by atoms with Crippen LogP contribution < -0.4 is 10.6 Å². The molecule has 1 aromatic rings. The first-order valence-electron chi connectivity index (χ1n) is 6.84. The summed E-state index contributed by atoms with van der Waals surface area (Å²) in [6.07, 6.45) is 1.09. The molecule has 18 heavy (non-hydrogen) atoms. The second kappa shape index (κ2) is 6.57. The van der Waals surface area contributed by atoms with E-state index in [-0.39, 0.29) is 0 Å². The lowest BCUT2D eigenvalue weighted by Gasteiger charge is -2.17. The van der Waals surface area contributed by atoms with E-state index in [9.17, 15) is 0 Å². The van der Waals surface area contributed by atoms with Crippen molar-refractivity contribution in [3.8, 4) is 0 Å². The predicted octanol–water partition coefficient (Wildman–Crippen LogP) is 3.55. The lowest BCUT2D eigenvalue weighted by atomic mass is 10.2. The maximum absolute atomic E-state index is 4.62. The number of rotatable bonds is 6. The van der Waals surface area contributed by atoms with Crippen molar-refractivity contribution < 1.29 is 0 Å².